The molecule has 0 aromatic heterocycles. The summed E-state index contributed by atoms with van der Waals surface area (Å²) < 4.78 is 0. The van der Waals surface area contributed by atoms with E-state index in [1.165, 1.54) is 103 Å². The summed E-state index contributed by atoms with van der Waals surface area (Å²) in [7, 11) is 0. The molecule has 1 heteroatoms. The summed E-state index contributed by atoms with van der Waals surface area (Å²) in [5.41, 5.74) is 0. The van der Waals surface area contributed by atoms with E-state index in [9.17, 15) is 0 Å². The van der Waals surface area contributed by atoms with Crippen LogP contribution in [0.1, 0.15) is 90.4 Å². The molecule has 1 heterocycles. The van der Waals surface area contributed by atoms with Crippen LogP contribution in [0.15, 0.2) is 0 Å². The van der Waals surface area contributed by atoms with Crippen molar-refractivity contribution in [2.24, 2.45) is 0 Å². The van der Waals surface area contributed by atoms with Gasteiger partial charge in [-0.05, 0) is 32.1 Å². The molecule has 0 saturated carbocycles. The maximum absolute atomic E-state index is 2.30. The Morgan fingerprint density at radius 1 is 0.611 bits per heavy atom. The molecule has 18 heavy (non-hydrogen) atoms. The van der Waals surface area contributed by atoms with E-state index in [-0.39, 0.29) is 0 Å². The maximum Gasteiger partial charge on any atom is 0.0770 e. The van der Waals surface area contributed by atoms with Crippen LogP contribution in [0.25, 0.3) is 0 Å². The Morgan fingerprint density at radius 2 is 1.11 bits per heavy atom. The van der Waals surface area contributed by atoms with Gasteiger partial charge >= 0.3 is 0 Å². The molecule has 0 spiro atoms. The molecule has 108 valence electrons. The lowest BCUT2D eigenvalue weighted by Gasteiger charge is -2.23. The summed E-state index contributed by atoms with van der Waals surface area (Å²) in [6.07, 6.45) is 19.1. The number of nitrogens with one attached hydrogen (secondary N) is 1. The van der Waals surface area contributed by atoms with Gasteiger partial charge < -0.3 is 4.90 Å². The second-order valence-corrected chi connectivity index (χ2v) is 6.24. The molecule has 1 rings (SSSR count). The molecule has 1 nitrogen and oxygen atoms in total. The third-order valence-electron chi connectivity index (χ3n) is 4.44. The molecule has 0 unspecified atom stereocenters. The number of quaternary nitrogens is 1. The summed E-state index contributed by atoms with van der Waals surface area (Å²) >= 11 is 0. The van der Waals surface area contributed by atoms with Gasteiger partial charge in [0.15, 0.2) is 0 Å². The summed E-state index contributed by atoms with van der Waals surface area (Å²) in [4.78, 5) is 1.89. The summed E-state index contributed by atoms with van der Waals surface area (Å²) in [5.74, 6) is 0. The molecule has 1 aliphatic rings. The number of piperidine rings is 1. The molecule has 0 radical (unpaired) electrons. The summed E-state index contributed by atoms with van der Waals surface area (Å²) in [6.45, 7) is 6.66. The van der Waals surface area contributed by atoms with Crippen molar-refractivity contribution in [3.63, 3.8) is 0 Å². The number of likely N-dealkylation sites (tertiary alicyclic amines) is 1. The van der Waals surface area contributed by atoms with Gasteiger partial charge in [-0.1, -0.05) is 58.3 Å². The third-order valence-corrected chi connectivity index (χ3v) is 4.44. The zero-order valence-electron chi connectivity index (χ0n) is 12.8. The van der Waals surface area contributed by atoms with Crippen LogP contribution in [-0.2, 0) is 0 Å². The van der Waals surface area contributed by atoms with E-state index in [0.29, 0.717) is 0 Å². The molecule has 0 atom stereocenters. The van der Waals surface area contributed by atoms with Gasteiger partial charge in [0.1, 0.15) is 0 Å². The van der Waals surface area contributed by atoms with Gasteiger partial charge in [0, 0.05) is 0 Å². The highest BCUT2D eigenvalue weighted by molar-refractivity contribution is 4.49. The van der Waals surface area contributed by atoms with E-state index in [2.05, 4.69) is 6.92 Å². The van der Waals surface area contributed by atoms with Crippen LogP contribution in [0.4, 0.5) is 0 Å². The first kappa shape index (κ1) is 16.0. The molecule has 0 amide bonds. The topological polar surface area (TPSA) is 4.44 Å². The number of hydrogen-bond donors (Lipinski definition) is 1. The average Bonchev–Trinajstić information content (AvgIpc) is 2.42. The van der Waals surface area contributed by atoms with Gasteiger partial charge in [-0.25, -0.2) is 0 Å². The van der Waals surface area contributed by atoms with Crippen molar-refractivity contribution in [2.75, 3.05) is 19.6 Å². The first-order valence-electron chi connectivity index (χ1n) is 8.77. The Hall–Kier alpha value is -0.0400. The highest BCUT2D eigenvalue weighted by Crippen LogP contribution is 2.10. The molecular formula is C17H36N+. The number of hydrogen-bond acceptors (Lipinski definition) is 0. The quantitative estimate of drug-likeness (QED) is 0.532. The van der Waals surface area contributed by atoms with E-state index >= 15 is 0 Å². The lowest BCUT2D eigenvalue weighted by Crippen LogP contribution is -3.12. The van der Waals surface area contributed by atoms with Gasteiger partial charge in [-0.15, -0.1) is 0 Å². The highest BCUT2D eigenvalue weighted by Gasteiger charge is 2.11. The van der Waals surface area contributed by atoms with Crippen molar-refractivity contribution in [2.45, 2.75) is 90.4 Å². The first-order valence-corrected chi connectivity index (χ1v) is 8.77. The van der Waals surface area contributed by atoms with Crippen molar-refractivity contribution in [3.8, 4) is 0 Å². The van der Waals surface area contributed by atoms with Crippen LogP contribution in [0.5, 0.6) is 0 Å². The minimum atomic E-state index is 1.37. The maximum atomic E-state index is 2.30. The van der Waals surface area contributed by atoms with E-state index in [0.717, 1.165) is 0 Å². The van der Waals surface area contributed by atoms with Gasteiger partial charge in [-0.3, -0.25) is 0 Å². The number of rotatable bonds is 11. The monoisotopic (exact) mass is 254 g/mol. The molecule has 0 aromatic rings. The molecule has 1 N–H and O–H groups in total. The Labute approximate surface area is 115 Å². The molecular weight excluding hydrogens is 218 g/mol. The summed E-state index contributed by atoms with van der Waals surface area (Å²) in [6, 6.07) is 0. The zero-order chi connectivity index (χ0) is 12.9. The molecule has 1 saturated heterocycles. The minimum Gasteiger partial charge on any atom is -0.335 e. The van der Waals surface area contributed by atoms with E-state index in [1.54, 1.807) is 0 Å². The van der Waals surface area contributed by atoms with Crippen molar-refractivity contribution in [1.29, 1.82) is 0 Å². The fraction of sp³-hybridized carbons (Fsp3) is 1.00. The highest BCUT2D eigenvalue weighted by atomic mass is 15.1. The standard InChI is InChI=1S/C17H35N/c1-2-3-4-5-6-7-8-9-10-12-15-18-16-13-11-14-17-18/h2-17H2,1H3/p+1. The Bertz CT molecular complexity index is 161. The van der Waals surface area contributed by atoms with E-state index < -0.39 is 0 Å². The molecule has 0 aromatic carbocycles. The SMILES string of the molecule is CCCCCCCCCCCC[NH+]1CCCCC1. The fourth-order valence-corrected chi connectivity index (χ4v) is 3.16. The van der Waals surface area contributed by atoms with Crippen LogP contribution < -0.4 is 4.90 Å². The van der Waals surface area contributed by atoms with Crippen LogP contribution in [0, 0.1) is 0 Å². The molecule has 0 bridgehead atoms. The predicted octanol–water partition coefficient (Wildman–Crippen LogP) is 3.98. The van der Waals surface area contributed by atoms with Crippen molar-refractivity contribution >= 4 is 0 Å². The van der Waals surface area contributed by atoms with Crippen molar-refractivity contribution in [3.05, 3.63) is 0 Å². The smallest absolute Gasteiger partial charge is 0.0770 e. The Balaban J connectivity index is 1.73. The minimum absolute atomic E-state index is 1.37. The van der Waals surface area contributed by atoms with Gasteiger partial charge in [0.25, 0.3) is 0 Å². The van der Waals surface area contributed by atoms with Crippen molar-refractivity contribution in [1.82, 2.24) is 0 Å². The fourth-order valence-electron chi connectivity index (χ4n) is 3.16. The van der Waals surface area contributed by atoms with E-state index in [1.807, 2.05) is 4.90 Å². The largest absolute Gasteiger partial charge is 0.335 e. The normalized spacial score (nSPS) is 17.2. The van der Waals surface area contributed by atoms with Gasteiger partial charge in [0.2, 0.25) is 0 Å². The predicted molar refractivity (Wildman–Crippen MR) is 81.3 cm³/mol. The van der Waals surface area contributed by atoms with Gasteiger partial charge in [-0.2, -0.15) is 0 Å². The second-order valence-electron chi connectivity index (χ2n) is 6.24. The molecule has 1 aliphatic heterocycles. The second kappa shape index (κ2) is 12.0. The lowest BCUT2D eigenvalue weighted by molar-refractivity contribution is -0.905. The van der Waals surface area contributed by atoms with Gasteiger partial charge in [0.05, 0.1) is 19.6 Å². The summed E-state index contributed by atoms with van der Waals surface area (Å²) in [5, 5.41) is 0. The molecule has 0 aliphatic carbocycles. The first-order chi connectivity index (χ1) is 8.93. The Kier molecular flexibility index (Phi) is 10.7. The van der Waals surface area contributed by atoms with Crippen molar-refractivity contribution < 1.29 is 4.90 Å². The van der Waals surface area contributed by atoms with Crippen LogP contribution in [-0.4, -0.2) is 19.6 Å². The Morgan fingerprint density at radius 3 is 1.67 bits per heavy atom. The number of unbranched alkanes of at least 4 members (excludes halogenated alkanes) is 9. The van der Waals surface area contributed by atoms with Crippen LogP contribution >= 0.6 is 0 Å². The average molecular weight is 254 g/mol. The lowest BCUT2D eigenvalue weighted by atomic mass is 10.1. The van der Waals surface area contributed by atoms with E-state index in [4.69, 9.17) is 0 Å². The molecule has 1 fully saturated rings. The zero-order valence-corrected chi connectivity index (χ0v) is 12.8. The third kappa shape index (κ3) is 8.97. The van der Waals surface area contributed by atoms with Crippen LogP contribution in [0.2, 0.25) is 0 Å². The van der Waals surface area contributed by atoms with Crippen LogP contribution in [0.3, 0.4) is 0 Å².